The Morgan fingerprint density at radius 2 is 2.09 bits per heavy atom. The van der Waals surface area contributed by atoms with Gasteiger partial charge in [-0.05, 0) is 42.4 Å². The smallest absolute Gasteiger partial charge is 0.233 e. The number of fused-ring (bicyclic) bond motifs is 2. The normalized spacial score (nSPS) is 29.8. The van der Waals surface area contributed by atoms with Gasteiger partial charge in [0, 0.05) is 6.42 Å². The van der Waals surface area contributed by atoms with Crippen LogP contribution < -0.4 is 4.72 Å². The number of Topliss-reactive ketones (excluding diaryl/α,β-unsaturated/α-hetero) is 1. The fourth-order valence-electron chi connectivity index (χ4n) is 4.20. The highest BCUT2D eigenvalue weighted by Crippen LogP contribution is 2.64. The van der Waals surface area contributed by atoms with Crippen molar-refractivity contribution in [2.45, 2.75) is 33.1 Å². The lowest BCUT2D eigenvalue weighted by atomic mass is 9.70. The summed E-state index contributed by atoms with van der Waals surface area (Å²) in [6.45, 7) is 3.99. The van der Waals surface area contributed by atoms with Gasteiger partial charge in [-0.2, -0.15) is 0 Å². The number of carbonyl (C=O) groups is 1. The van der Waals surface area contributed by atoms with E-state index in [1.165, 1.54) is 18.2 Å². The molecule has 2 aliphatic rings. The second-order valence-electron chi connectivity index (χ2n) is 7.04. The van der Waals surface area contributed by atoms with Crippen molar-refractivity contribution >= 4 is 21.5 Å². The van der Waals surface area contributed by atoms with Gasteiger partial charge in [0.25, 0.3) is 0 Å². The molecule has 0 aliphatic heterocycles. The van der Waals surface area contributed by atoms with Gasteiger partial charge < -0.3 is 0 Å². The zero-order chi connectivity index (χ0) is 16.2. The van der Waals surface area contributed by atoms with Crippen molar-refractivity contribution in [1.82, 2.24) is 0 Å². The molecule has 0 aromatic heterocycles. The summed E-state index contributed by atoms with van der Waals surface area (Å²) in [6, 6.07) is 5.33. The van der Waals surface area contributed by atoms with Crippen LogP contribution >= 0.6 is 0 Å². The average molecular weight is 325 g/mol. The Bertz CT molecular complexity index is 729. The first kappa shape index (κ1) is 15.5. The summed E-state index contributed by atoms with van der Waals surface area (Å²) in [7, 11) is -3.72. The Morgan fingerprint density at radius 1 is 1.36 bits per heavy atom. The largest absolute Gasteiger partial charge is 0.299 e. The van der Waals surface area contributed by atoms with Crippen LogP contribution in [0.3, 0.4) is 0 Å². The van der Waals surface area contributed by atoms with E-state index in [-0.39, 0.29) is 28.6 Å². The highest BCUT2D eigenvalue weighted by Gasteiger charge is 2.65. The van der Waals surface area contributed by atoms with Crippen molar-refractivity contribution in [3.63, 3.8) is 0 Å². The van der Waals surface area contributed by atoms with Crippen LogP contribution in [0.2, 0.25) is 0 Å². The Labute approximate surface area is 130 Å². The number of ketones is 1. The van der Waals surface area contributed by atoms with Gasteiger partial charge in [0.05, 0.1) is 16.9 Å². The van der Waals surface area contributed by atoms with Gasteiger partial charge in [-0.3, -0.25) is 9.52 Å². The lowest BCUT2D eigenvalue weighted by Gasteiger charge is -2.36. The molecule has 0 radical (unpaired) electrons. The number of halogens is 1. The van der Waals surface area contributed by atoms with E-state index < -0.39 is 21.3 Å². The molecule has 2 saturated carbocycles. The Balaban J connectivity index is 1.87. The van der Waals surface area contributed by atoms with Crippen molar-refractivity contribution in [3.8, 4) is 0 Å². The fourth-order valence-corrected chi connectivity index (χ4v) is 6.08. The number of rotatable bonds is 4. The standard InChI is InChI=1S/C16H20FNO3S/c1-15(2)11-6-7-16(15,14(19)8-11)10-22(20,21)18-13-5-3-4-12(17)9-13/h3-5,9,11,18H,6-8,10H2,1-2H3/t11-,16+/m0/s1. The van der Waals surface area contributed by atoms with Gasteiger partial charge in [-0.15, -0.1) is 0 Å². The first-order valence-electron chi connectivity index (χ1n) is 7.46. The van der Waals surface area contributed by atoms with Gasteiger partial charge >= 0.3 is 0 Å². The van der Waals surface area contributed by atoms with E-state index in [2.05, 4.69) is 4.72 Å². The number of benzene rings is 1. The monoisotopic (exact) mass is 325 g/mol. The van der Waals surface area contributed by atoms with E-state index in [1.54, 1.807) is 0 Å². The molecule has 0 heterocycles. The number of sulfonamides is 1. The van der Waals surface area contributed by atoms with Gasteiger partial charge in [0.1, 0.15) is 11.6 Å². The summed E-state index contributed by atoms with van der Waals surface area (Å²) in [6.07, 6.45) is 1.99. The molecule has 0 amide bonds. The van der Waals surface area contributed by atoms with Gasteiger partial charge in [-0.25, -0.2) is 12.8 Å². The highest BCUT2D eigenvalue weighted by atomic mass is 32.2. The third kappa shape index (κ3) is 2.24. The Morgan fingerprint density at radius 3 is 2.64 bits per heavy atom. The summed E-state index contributed by atoms with van der Waals surface area (Å²) < 4.78 is 40.6. The lowest BCUT2D eigenvalue weighted by Crippen LogP contribution is -2.43. The van der Waals surface area contributed by atoms with E-state index >= 15 is 0 Å². The molecule has 1 aromatic rings. The molecule has 0 saturated heterocycles. The second kappa shape index (κ2) is 4.78. The maximum absolute atomic E-state index is 13.2. The molecule has 2 atom stereocenters. The van der Waals surface area contributed by atoms with E-state index in [0.29, 0.717) is 12.8 Å². The molecular formula is C16H20FNO3S. The highest BCUT2D eigenvalue weighted by molar-refractivity contribution is 7.92. The quantitative estimate of drug-likeness (QED) is 0.925. The predicted octanol–water partition coefficient (Wildman–Crippen LogP) is 2.96. The van der Waals surface area contributed by atoms with Crippen LogP contribution in [0.15, 0.2) is 24.3 Å². The van der Waals surface area contributed by atoms with Crippen LogP contribution in [0.5, 0.6) is 0 Å². The summed E-state index contributed by atoms with van der Waals surface area (Å²) in [5, 5.41) is 0. The molecule has 1 aromatic carbocycles. The molecule has 2 bridgehead atoms. The van der Waals surface area contributed by atoms with Crippen molar-refractivity contribution in [2.75, 3.05) is 10.5 Å². The van der Waals surface area contributed by atoms with E-state index in [4.69, 9.17) is 0 Å². The minimum atomic E-state index is -3.72. The molecule has 0 spiro atoms. The summed E-state index contributed by atoms with van der Waals surface area (Å²) in [5.74, 6) is -0.405. The minimum Gasteiger partial charge on any atom is -0.299 e. The second-order valence-corrected chi connectivity index (χ2v) is 8.76. The first-order valence-corrected chi connectivity index (χ1v) is 9.11. The lowest BCUT2D eigenvalue weighted by molar-refractivity contribution is -0.128. The number of anilines is 1. The third-order valence-electron chi connectivity index (χ3n) is 5.67. The van der Waals surface area contributed by atoms with Crippen LogP contribution in [-0.4, -0.2) is 20.0 Å². The topological polar surface area (TPSA) is 63.2 Å². The zero-order valence-corrected chi connectivity index (χ0v) is 13.5. The number of carbonyl (C=O) groups excluding carboxylic acids is 1. The Hall–Kier alpha value is -1.43. The molecule has 2 aliphatic carbocycles. The van der Waals surface area contributed by atoms with E-state index in [9.17, 15) is 17.6 Å². The first-order chi connectivity index (χ1) is 10.2. The minimum absolute atomic E-state index is 0.0540. The molecular weight excluding hydrogens is 305 g/mol. The van der Waals surface area contributed by atoms with Crippen molar-refractivity contribution in [1.29, 1.82) is 0 Å². The number of nitrogens with one attached hydrogen (secondary N) is 1. The molecule has 4 nitrogen and oxygen atoms in total. The van der Waals surface area contributed by atoms with E-state index in [1.807, 2.05) is 13.8 Å². The van der Waals surface area contributed by atoms with Crippen LogP contribution in [-0.2, 0) is 14.8 Å². The number of hydrogen-bond donors (Lipinski definition) is 1. The SMILES string of the molecule is CC1(C)[C@H]2CC[C@@]1(CS(=O)(=O)Nc1cccc(F)c1)C(=O)C2. The average Bonchev–Trinajstić information content (AvgIpc) is 2.71. The molecule has 3 rings (SSSR count). The van der Waals surface area contributed by atoms with Crippen molar-refractivity contribution in [3.05, 3.63) is 30.1 Å². The molecule has 6 heteroatoms. The molecule has 2 fully saturated rings. The summed E-state index contributed by atoms with van der Waals surface area (Å²) in [4.78, 5) is 12.4. The number of hydrogen-bond acceptors (Lipinski definition) is 3. The predicted molar refractivity (Wildman–Crippen MR) is 82.4 cm³/mol. The van der Waals surface area contributed by atoms with Gasteiger partial charge in [-0.1, -0.05) is 19.9 Å². The van der Waals surface area contributed by atoms with Gasteiger partial charge in [0.15, 0.2) is 0 Å². The molecule has 1 N–H and O–H groups in total. The van der Waals surface area contributed by atoms with Crippen molar-refractivity contribution in [2.24, 2.45) is 16.7 Å². The maximum Gasteiger partial charge on any atom is 0.233 e. The maximum atomic E-state index is 13.2. The summed E-state index contributed by atoms with van der Waals surface area (Å²) >= 11 is 0. The van der Waals surface area contributed by atoms with Crippen LogP contribution in [0.1, 0.15) is 33.1 Å². The van der Waals surface area contributed by atoms with E-state index in [0.717, 1.165) is 12.5 Å². The molecule has 120 valence electrons. The molecule has 22 heavy (non-hydrogen) atoms. The van der Waals surface area contributed by atoms with Crippen LogP contribution in [0.25, 0.3) is 0 Å². The van der Waals surface area contributed by atoms with Crippen LogP contribution in [0, 0.1) is 22.6 Å². The Kier molecular flexibility index (Phi) is 3.36. The van der Waals surface area contributed by atoms with Crippen LogP contribution in [0.4, 0.5) is 10.1 Å². The summed E-state index contributed by atoms with van der Waals surface area (Å²) in [5.41, 5.74) is -0.924. The van der Waals surface area contributed by atoms with Crippen molar-refractivity contribution < 1.29 is 17.6 Å². The van der Waals surface area contributed by atoms with Gasteiger partial charge in [0.2, 0.25) is 10.0 Å². The molecule has 0 unspecified atom stereocenters. The zero-order valence-electron chi connectivity index (χ0n) is 12.7. The fraction of sp³-hybridized carbons (Fsp3) is 0.562. The third-order valence-corrected chi connectivity index (χ3v) is 7.09.